The predicted molar refractivity (Wildman–Crippen MR) is 31.6 cm³/mol. The van der Waals surface area contributed by atoms with Gasteiger partial charge in [0, 0.05) is 0 Å². The summed E-state index contributed by atoms with van der Waals surface area (Å²) in [4.78, 5) is 8.36. The van der Waals surface area contributed by atoms with Gasteiger partial charge in [0.05, 0.1) is 0 Å². The van der Waals surface area contributed by atoms with E-state index in [-0.39, 0.29) is 6.47 Å². The highest BCUT2D eigenvalue weighted by Gasteiger charge is 2.26. The largest absolute Gasteiger partial charge is 0.483 e. The molecule has 48 valence electrons. The molecule has 2 unspecified atom stereocenters. The van der Waals surface area contributed by atoms with E-state index in [1.54, 1.807) is 0 Å². The highest BCUT2D eigenvalue weighted by Crippen LogP contribution is 2.36. The third-order valence-corrected chi connectivity index (χ3v) is 1.51. The summed E-state index contributed by atoms with van der Waals surface area (Å²) < 4.78 is 0. The van der Waals surface area contributed by atoms with E-state index < -0.39 is 0 Å². The van der Waals surface area contributed by atoms with Gasteiger partial charge >= 0.3 is 0 Å². The molecule has 8 heavy (non-hydrogen) atoms. The molecule has 1 N–H and O–H groups in total. The van der Waals surface area contributed by atoms with Crippen LogP contribution in [0.3, 0.4) is 0 Å². The molecule has 2 heteroatoms. The molecule has 1 aliphatic rings. The SMILES string of the molecule is CC1CC1C.O=CO. The van der Waals surface area contributed by atoms with Gasteiger partial charge in [-0.25, -0.2) is 0 Å². The Hall–Kier alpha value is -0.530. The lowest BCUT2D eigenvalue weighted by Gasteiger charge is -1.66. The summed E-state index contributed by atoms with van der Waals surface area (Å²) >= 11 is 0. The lowest BCUT2D eigenvalue weighted by atomic mass is 10.4. The molecule has 2 nitrogen and oxygen atoms in total. The summed E-state index contributed by atoms with van der Waals surface area (Å²) in [5.41, 5.74) is 0. The smallest absolute Gasteiger partial charge is 0.290 e. The first kappa shape index (κ1) is 7.47. The molecule has 0 aromatic rings. The Bertz CT molecular complexity index is 64.9. The van der Waals surface area contributed by atoms with Crippen molar-refractivity contribution < 1.29 is 9.90 Å². The molecule has 1 rings (SSSR count). The second kappa shape index (κ2) is 3.47. The monoisotopic (exact) mass is 116 g/mol. The fourth-order valence-electron chi connectivity index (χ4n) is 0.508. The normalized spacial score (nSPS) is 32.2. The average molecular weight is 116 g/mol. The summed E-state index contributed by atoms with van der Waals surface area (Å²) in [6, 6.07) is 0. The molecule has 0 bridgehead atoms. The lowest BCUT2D eigenvalue weighted by Crippen LogP contribution is -1.58. The fourth-order valence-corrected chi connectivity index (χ4v) is 0.508. The van der Waals surface area contributed by atoms with Crippen molar-refractivity contribution in [3.8, 4) is 0 Å². The third-order valence-electron chi connectivity index (χ3n) is 1.51. The van der Waals surface area contributed by atoms with Gasteiger partial charge in [-0.05, 0) is 18.3 Å². The van der Waals surface area contributed by atoms with Crippen LogP contribution in [0.1, 0.15) is 20.3 Å². The second-order valence-electron chi connectivity index (χ2n) is 2.30. The van der Waals surface area contributed by atoms with Crippen molar-refractivity contribution in [3.63, 3.8) is 0 Å². The number of hydrogen-bond donors (Lipinski definition) is 1. The molecule has 0 aromatic carbocycles. The maximum Gasteiger partial charge on any atom is 0.290 e. The van der Waals surface area contributed by atoms with Crippen LogP contribution in [0.5, 0.6) is 0 Å². The minimum Gasteiger partial charge on any atom is -0.483 e. The first-order valence-corrected chi connectivity index (χ1v) is 2.80. The van der Waals surface area contributed by atoms with Crippen molar-refractivity contribution in [1.82, 2.24) is 0 Å². The second-order valence-corrected chi connectivity index (χ2v) is 2.30. The molecule has 0 aromatic heterocycles. The molecule has 0 heterocycles. The van der Waals surface area contributed by atoms with Crippen LogP contribution >= 0.6 is 0 Å². The fraction of sp³-hybridized carbons (Fsp3) is 0.833. The van der Waals surface area contributed by atoms with Crippen molar-refractivity contribution in [2.45, 2.75) is 20.3 Å². The van der Waals surface area contributed by atoms with Gasteiger partial charge in [0.2, 0.25) is 0 Å². The van der Waals surface area contributed by atoms with Gasteiger partial charge in [-0.3, -0.25) is 4.79 Å². The third kappa shape index (κ3) is 3.65. The average Bonchev–Trinajstić information content (AvgIpc) is 2.22. The Kier molecular flexibility index (Phi) is 3.24. The van der Waals surface area contributed by atoms with Gasteiger partial charge in [0.15, 0.2) is 0 Å². The van der Waals surface area contributed by atoms with Crippen LogP contribution in [0.25, 0.3) is 0 Å². The molecule has 2 atom stereocenters. The highest BCUT2D eigenvalue weighted by molar-refractivity contribution is 5.32. The first-order chi connectivity index (χ1) is 3.72. The van der Waals surface area contributed by atoms with Crippen molar-refractivity contribution in [1.29, 1.82) is 0 Å². The van der Waals surface area contributed by atoms with E-state index in [0.29, 0.717) is 0 Å². The van der Waals surface area contributed by atoms with Crippen molar-refractivity contribution in [3.05, 3.63) is 0 Å². The first-order valence-electron chi connectivity index (χ1n) is 2.80. The zero-order chi connectivity index (χ0) is 6.57. The van der Waals surface area contributed by atoms with Crippen molar-refractivity contribution in [2.24, 2.45) is 11.8 Å². The number of rotatable bonds is 0. The molecule has 0 saturated heterocycles. The Morgan fingerprint density at radius 1 is 1.50 bits per heavy atom. The van der Waals surface area contributed by atoms with E-state index in [2.05, 4.69) is 13.8 Å². The molecular weight excluding hydrogens is 104 g/mol. The molecule has 0 amide bonds. The summed E-state index contributed by atoms with van der Waals surface area (Å²) in [5.74, 6) is 2.10. The Balaban J connectivity index is 0.000000145. The summed E-state index contributed by atoms with van der Waals surface area (Å²) in [7, 11) is 0. The maximum atomic E-state index is 8.36. The number of carboxylic acid groups (broad SMARTS) is 1. The van der Waals surface area contributed by atoms with Gasteiger partial charge in [0.1, 0.15) is 0 Å². The van der Waals surface area contributed by atoms with Crippen LogP contribution in [0.2, 0.25) is 0 Å². The molecule has 0 spiro atoms. The molecule has 0 aliphatic heterocycles. The summed E-state index contributed by atoms with van der Waals surface area (Å²) in [6.07, 6.45) is 1.47. The number of carbonyl (C=O) groups is 1. The summed E-state index contributed by atoms with van der Waals surface area (Å²) in [5, 5.41) is 6.89. The van der Waals surface area contributed by atoms with Crippen LogP contribution < -0.4 is 0 Å². The molecular formula is C6H12O2. The van der Waals surface area contributed by atoms with Gasteiger partial charge in [-0.15, -0.1) is 0 Å². The molecule has 0 radical (unpaired) electrons. The molecule has 1 saturated carbocycles. The van der Waals surface area contributed by atoms with Gasteiger partial charge in [-0.2, -0.15) is 0 Å². The van der Waals surface area contributed by atoms with Crippen LogP contribution in [-0.2, 0) is 4.79 Å². The van der Waals surface area contributed by atoms with Gasteiger partial charge < -0.3 is 5.11 Å². The molecule has 1 fully saturated rings. The minimum atomic E-state index is -0.250. The van der Waals surface area contributed by atoms with Crippen molar-refractivity contribution >= 4 is 6.47 Å². The quantitative estimate of drug-likeness (QED) is 0.485. The van der Waals surface area contributed by atoms with E-state index in [1.807, 2.05) is 0 Å². The van der Waals surface area contributed by atoms with E-state index in [4.69, 9.17) is 9.90 Å². The van der Waals surface area contributed by atoms with E-state index in [0.717, 1.165) is 11.8 Å². The highest BCUT2D eigenvalue weighted by atomic mass is 16.3. The van der Waals surface area contributed by atoms with Crippen molar-refractivity contribution in [2.75, 3.05) is 0 Å². The summed E-state index contributed by atoms with van der Waals surface area (Å²) in [6.45, 7) is 4.34. The topological polar surface area (TPSA) is 37.3 Å². The maximum absolute atomic E-state index is 8.36. The zero-order valence-corrected chi connectivity index (χ0v) is 5.29. The van der Waals surface area contributed by atoms with Crippen LogP contribution in [0, 0.1) is 11.8 Å². The lowest BCUT2D eigenvalue weighted by molar-refractivity contribution is -0.122. The Morgan fingerprint density at radius 3 is 1.62 bits per heavy atom. The van der Waals surface area contributed by atoms with Crippen LogP contribution in [0.15, 0.2) is 0 Å². The standard InChI is InChI=1S/C5H10.CH2O2/c1-4-3-5(4)2;2-1-3/h4-5H,3H2,1-2H3;1H,(H,2,3). The van der Waals surface area contributed by atoms with E-state index in [1.165, 1.54) is 6.42 Å². The Morgan fingerprint density at radius 2 is 1.62 bits per heavy atom. The number of hydrogen-bond acceptors (Lipinski definition) is 1. The minimum absolute atomic E-state index is 0.250. The van der Waals surface area contributed by atoms with Crippen LogP contribution in [-0.4, -0.2) is 11.6 Å². The zero-order valence-electron chi connectivity index (χ0n) is 5.29. The molecule has 1 aliphatic carbocycles. The van der Waals surface area contributed by atoms with E-state index >= 15 is 0 Å². The van der Waals surface area contributed by atoms with Gasteiger partial charge in [0.25, 0.3) is 6.47 Å². The van der Waals surface area contributed by atoms with Crippen LogP contribution in [0.4, 0.5) is 0 Å². The Labute approximate surface area is 49.5 Å². The predicted octanol–water partition coefficient (Wildman–Crippen LogP) is 1.36. The van der Waals surface area contributed by atoms with Gasteiger partial charge in [-0.1, -0.05) is 13.8 Å². The van der Waals surface area contributed by atoms with E-state index in [9.17, 15) is 0 Å².